The predicted molar refractivity (Wildman–Crippen MR) is 72.5 cm³/mol. The maximum absolute atomic E-state index is 11.8. The number of nitrogens with one attached hydrogen (secondary N) is 1. The number of fused-ring (bicyclic) bond motifs is 1. The van der Waals surface area contributed by atoms with Gasteiger partial charge in [0.1, 0.15) is 11.6 Å². The maximum Gasteiger partial charge on any atom is 0.325 e. The van der Waals surface area contributed by atoms with Gasteiger partial charge in [-0.3, -0.25) is 29.1 Å². The van der Waals surface area contributed by atoms with Gasteiger partial charge < -0.3 is 9.72 Å². The van der Waals surface area contributed by atoms with E-state index in [1.165, 1.54) is 0 Å². The van der Waals surface area contributed by atoms with Gasteiger partial charge in [-0.1, -0.05) is 11.6 Å². The molecule has 110 valence electrons. The minimum Gasteiger partial charge on any atom is -0.468 e. The highest BCUT2D eigenvalue weighted by atomic mass is 35.5. The molecule has 9 nitrogen and oxygen atoms in total. The Morgan fingerprint density at radius 1 is 1.48 bits per heavy atom. The molecule has 0 aliphatic rings. The van der Waals surface area contributed by atoms with Gasteiger partial charge in [0, 0.05) is 6.07 Å². The molecule has 1 aromatic heterocycles. The maximum atomic E-state index is 11.8. The molecule has 0 aliphatic carbocycles. The smallest absolute Gasteiger partial charge is 0.325 e. The summed E-state index contributed by atoms with van der Waals surface area (Å²) in [5.41, 5.74) is -2.33. The Labute approximate surface area is 120 Å². The molecule has 1 N–H and O–H groups in total. The van der Waals surface area contributed by atoms with Crippen LogP contribution in [0, 0.1) is 10.1 Å². The predicted octanol–water partition coefficient (Wildman–Crippen LogP) is 0.424. The largest absolute Gasteiger partial charge is 0.468 e. The van der Waals surface area contributed by atoms with E-state index in [2.05, 4.69) is 9.72 Å². The molecule has 0 aliphatic heterocycles. The van der Waals surface area contributed by atoms with Gasteiger partial charge in [-0.25, -0.2) is 0 Å². The van der Waals surface area contributed by atoms with Gasteiger partial charge in [0.2, 0.25) is 0 Å². The van der Waals surface area contributed by atoms with Gasteiger partial charge in [-0.2, -0.15) is 0 Å². The molecule has 0 saturated carbocycles. The van der Waals surface area contributed by atoms with E-state index in [0.29, 0.717) is 0 Å². The summed E-state index contributed by atoms with van der Waals surface area (Å²) in [6.07, 6.45) is 0. The van der Waals surface area contributed by atoms with E-state index < -0.39 is 34.2 Å². The van der Waals surface area contributed by atoms with Gasteiger partial charge in [-0.05, 0) is 6.07 Å². The number of carbonyl (C=O) groups excluding carboxylic acids is 1. The zero-order valence-corrected chi connectivity index (χ0v) is 11.3. The first-order valence-corrected chi connectivity index (χ1v) is 5.90. The number of aromatic amines is 1. The lowest BCUT2D eigenvalue weighted by atomic mass is 10.2. The summed E-state index contributed by atoms with van der Waals surface area (Å²) in [4.78, 5) is 47.0. The summed E-state index contributed by atoms with van der Waals surface area (Å²) in [7, 11) is 1.13. The number of aromatic nitrogens is 2. The summed E-state index contributed by atoms with van der Waals surface area (Å²) < 4.78 is 5.28. The Morgan fingerprint density at radius 3 is 2.71 bits per heavy atom. The summed E-state index contributed by atoms with van der Waals surface area (Å²) in [5.74, 6) is -0.751. The van der Waals surface area contributed by atoms with Crippen molar-refractivity contribution in [1.82, 2.24) is 9.55 Å². The van der Waals surface area contributed by atoms with E-state index in [9.17, 15) is 24.5 Å². The molecule has 0 unspecified atom stereocenters. The number of H-pyrrole nitrogens is 1. The molecule has 2 aromatic rings. The quantitative estimate of drug-likeness (QED) is 0.379. The Morgan fingerprint density at radius 2 is 2.14 bits per heavy atom. The number of methoxy groups -OCH3 is 1. The number of ether oxygens (including phenoxy) is 1. The second-order valence-electron chi connectivity index (χ2n) is 4.00. The second-order valence-corrected chi connectivity index (χ2v) is 4.41. The number of hydrogen-bond acceptors (Lipinski definition) is 6. The van der Waals surface area contributed by atoms with Crippen molar-refractivity contribution < 1.29 is 14.5 Å². The van der Waals surface area contributed by atoms with E-state index >= 15 is 0 Å². The fourth-order valence-corrected chi connectivity index (χ4v) is 2.00. The van der Waals surface area contributed by atoms with E-state index in [1.54, 1.807) is 0 Å². The molecule has 1 heterocycles. The molecule has 0 atom stereocenters. The second kappa shape index (κ2) is 5.37. The first-order chi connectivity index (χ1) is 9.85. The Bertz CT molecular complexity index is 869. The van der Waals surface area contributed by atoms with Crippen LogP contribution in [-0.4, -0.2) is 27.6 Å². The van der Waals surface area contributed by atoms with Crippen LogP contribution >= 0.6 is 11.6 Å². The van der Waals surface area contributed by atoms with Crippen LogP contribution in [0.25, 0.3) is 11.0 Å². The van der Waals surface area contributed by atoms with Crippen LogP contribution in [0.5, 0.6) is 0 Å². The molecule has 0 saturated heterocycles. The van der Waals surface area contributed by atoms with Crippen LogP contribution in [0.1, 0.15) is 0 Å². The Hall–Kier alpha value is -2.68. The van der Waals surface area contributed by atoms with Crippen molar-refractivity contribution in [2.45, 2.75) is 6.54 Å². The molecular formula is C11H8ClN3O6. The zero-order chi connectivity index (χ0) is 15.7. The highest BCUT2D eigenvalue weighted by Gasteiger charge is 2.18. The van der Waals surface area contributed by atoms with E-state index in [4.69, 9.17) is 11.6 Å². The molecule has 0 bridgehead atoms. The van der Waals surface area contributed by atoms with Crippen molar-refractivity contribution in [3.8, 4) is 0 Å². The van der Waals surface area contributed by atoms with Crippen molar-refractivity contribution in [3.63, 3.8) is 0 Å². The lowest BCUT2D eigenvalue weighted by Gasteiger charge is -2.08. The van der Waals surface area contributed by atoms with Crippen molar-refractivity contribution in [1.29, 1.82) is 0 Å². The lowest BCUT2D eigenvalue weighted by molar-refractivity contribution is -0.384. The molecule has 0 spiro atoms. The minimum absolute atomic E-state index is 0.0135. The minimum atomic E-state index is -1.01. The van der Waals surface area contributed by atoms with Gasteiger partial charge in [0.15, 0.2) is 0 Å². The Kier molecular flexibility index (Phi) is 3.76. The standard InChI is InChI=1S/C11H8ClN3O6/c1-21-9(16)4-14-8-2-5(12)7(15(19)20)3-6(8)13-10(17)11(14)18/h2-3H,4H2,1H3,(H,13,17). The number of hydrogen-bond donors (Lipinski definition) is 1. The number of halogens is 1. The third kappa shape index (κ3) is 2.63. The third-order valence-corrected chi connectivity index (χ3v) is 3.06. The van der Waals surface area contributed by atoms with Gasteiger partial charge >= 0.3 is 17.1 Å². The summed E-state index contributed by atoms with van der Waals surface area (Å²) in [6.45, 7) is -0.510. The van der Waals surface area contributed by atoms with E-state index in [0.717, 1.165) is 23.8 Å². The molecule has 10 heteroatoms. The van der Waals surface area contributed by atoms with Gasteiger partial charge in [-0.15, -0.1) is 0 Å². The molecule has 0 radical (unpaired) electrons. The number of nitro benzene ring substituents is 1. The number of nitrogens with zero attached hydrogens (tertiary/aromatic N) is 2. The summed E-state index contributed by atoms with van der Waals surface area (Å²) in [5, 5.41) is 10.6. The number of nitro groups is 1. The number of esters is 1. The van der Waals surface area contributed by atoms with Gasteiger partial charge in [0.05, 0.1) is 23.1 Å². The molecule has 21 heavy (non-hydrogen) atoms. The molecule has 2 rings (SSSR count). The van der Waals surface area contributed by atoms with Crippen LogP contribution in [0.2, 0.25) is 5.02 Å². The van der Waals surface area contributed by atoms with E-state index in [1.807, 2.05) is 0 Å². The topological polar surface area (TPSA) is 124 Å². The highest BCUT2D eigenvalue weighted by Crippen LogP contribution is 2.27. The number of rotatable bonds is 3. The molecule has 1 aromatic carbocycles. The first-order valence-electron chi connectivity index (χ1n) is 5.52. The van der Waals surface area contributed by atoms with Crippen LogP contribution < -0.4 is 11.1 Å². The fourth-order valence-electron chi connectivity index (χ4n) is 1.77. The monoisotopic (exact) mass is 313 g/mol. The van der Waals surface area contributed by atoms with Crippen LogP contribution in [-0.2, 0) is 16.1 Å². The van der Waals surface area contributed by atoms with Crippen molar-refractivity contribution in [2.75, 3.05) is 7.11 Å². The lowest BCUT2D eigenvalue weighted by Crippen LogP contribution is -2.38. The highest BCUT2D eigenvalue weighted by molar-refractivity contribution is 6.33. The number of carbonyl (C=O) groups is 1. The van der Waals surface area contributed by atoms with Crippen LogP contribution in [0.4, 0.5) is 5.69 Å². The normalized spacial score (nSPS) is 10.6. The molecule has 0 fully saturated rings. The molecular weight excluding hydrogens is 306 g/mol. The van der Waals surface area contributed by atoms with Crippen LogP contribution in [0.3, 0.4) is 0 Å². The van der Waals surface area contributed by atoms with Crippen molar-refractivity contribution in [3.05, 3.63) is 48.0 Å². The summed E-state index contributed by atoms with van der Waals surface area (Å²) >= 11 is 5.77. The number of benzene rings is 1. The van der Waals surface area contributed by atoms with Crippen molar-refractivity contribution >= 4 is 34.3 Å². The van der Waals surface area contributed by atoms with Gasteiger partial charge in [0.25, 0.3) is 5.69 Å². The van der Waals surface area contributed by atoms with Crippen LogP contribution in [0.15, 0.2) is 21.7 Å². The zero-order valence-electron chi connectivity index (χ0n) is 10.6. The first kappa shape index (κ1) is 14.7. The average molecular weight is 314 g/mol. The third-order valence-electron chi connectivity index (χ3n) is 2.76. The van der Waals surface area contributed by atoms with E-state index in [-0.39, 0.29) is 16.1 Å². The Balaban J connectivity index is 2.83. The SMILES string of the molecule is COC(=O)Cn1c(=O)c(=O)[nH]c2cc([N+](=O)[O-])c(Cl)cc21. The molecule has 0 amide bonds. The van der Waals surface area contributed by atoms with Crippen molar-refractivity contribution in [2.24, 2.45) is 0 Å². The fraction of sp³-hybridized carbons (Fsp3) is 0.182. The average Bonchev–Trinajstić information content (AvgIpc) is 2.43. The summed E-state index contributed by atoms with van der Waals surface area (Å²) in [6, 6.07) is 2.15.